The van der Waals surface area contributed by atoms with Crippen LogP contribution in [0.5, 0.6) is 0 Å². The van der Waals surface area contributed by atoms with Crippen molar-refractivity contribution in [3.63, 3.8) is 0 Å². The largest absolute Gasteiger partial charge is 0.315 e. The number of benzene rings is 2. The van der Waals surface area contributed by atoms with Gasteiger partial charge in [-0.3, -0.25) is 9.80 Å². The number of rotatable bonds is 6. The van der Waals surface area contributed by atoms with Crippen molar-refractivity contribution in [2.24, 2.45) is 11.8 Å². The summed E-state index contributed by atoms with van der Waals surface area (Å²) < 4.78 is 0. The first kappa shape index (κ1) is 30.9. The standard InChI is InChI=1S/2C14H22N2.2ClH/c2*1-12-8-9-16(11-14(12)15-2)10-13-6-4-3-5-7-13;;/h2*3-7,12,14-15H,8-11H2,1-2H3;2*1H/t2*12-,14+;;/m10../s1. The summed E-state index contributed by atoms with van der Waals surface area (Å²) in [5.74, 6) is 1.61. The topological polar surface area (TPSA) is 30.5 Å². The van der Waals surface area contributed by atoms with E-state index in [1.165, 1.54) is 50.1 Å². The maximum Gasteiger partial charge on any atom is 0.0234 e. The van der Waals surface area contributed by atoms with Gasteiger partial charge in [-0.25, -0.2) is 0 Å². The molecule has 2 saturated heterocycles. The Morgan fingerprint density at radius 3 is 1.32 bits per heavy atom. The van der Waals surface area contributed by atoms with Crippen molar-refractivity contribution in [3.05, 3.63) is 71.8 Å². The SMILES string of the molecule is CN[C@@H]1CN(Cc2ccccc2)CC[C@@H]1C.CN[C@H]1CN(Cc2ccccc2)CC[C@H]1C.Cl.Cl. The quantitative estimate of drug-likeness (QED) is 0.569. The lowest BCUT2D eigenvalue weighted by atomic mass is 9.93. The van der Waals surface area contributed by atoms with Crippen molar-refractivity contribution in [3.8, 4) is 0 Å². The summed E-state index contributed by atoms with van der Waals surface area (Å²) in [7, 11) is 4.15. The van der Waals surface area contributed by atoms with E-state index < -0.39 is 0 Å². The zero-order valence-electron chi connectivity index (χ0n) is 21.5. The average Bonchev–Trinajstić information content (AvgIpc) is 2.83. The Morgan fingerprint density at radius 2 is 1.00 bits per heavy atom. The molecule has 2 N–H and O–H groups in total. The van der Waals surface area contributed by atoms with E-state index in [2.05, 4.69) is 109 Å². The predicted molar refractivity (Wildman–Crippen MR) is 151 cm³/mol. The molecule has 0 amide bonds. The predicted octanol–water partition coefficient (Wildman–Crippen LogP) is 5.08. The van der Waals surface area contributed by atoms with Crippen LogP contribution in [0.1, 0.15) is 37.8 Å². The minimum absolute atomic E-state index is 0. The van der Waals surface area contributed by atoms with Gasteiger partial charge in [0.1, 0.15) is 0 Å². The highest BCUT2D eigenvalue weighted by Crippen LogP contribution is 2.19. The molecule has 4 rings (SSSR count). The number of hydrogen-bond acceptors (Lipinski definition) is 4. The van der Waals surface area contributed by atoms with E-state index in [4.69, 9.17) is 0 Å². The summed E-state index contributed by atoms with van der Waals surface area (Å²) >= 11 is 0. The molecule has 0 unspecified atom stereocenters. The molecule has 2 aromatic rings. The Morgan fingerprint density at radius 1 is 0.647 bits per heavy atom. The molecule has 0 saturated carbocycles. The van der Waals surface area contributed by atoms with Crippen LogP contribution < -0.4 is 10.6 Å². The highest BCUT2D eigenvalue weighted by Gasteiger charge is 2.25. The van der Waals surface area contributed by atoms with Gasteiger partial charge in [-0.1, -0.05) is 74.5 Å². The lowest BCUT2D eigenvalue weighted by Crippen LogP contribution is -2.48. The smallest absolute Gasteiger partial charge is 0.0234 e. The van der Waals surface area contributed by atoms with Crippen LogP contribution in [-0.2, 0) is 13.1 Å². The first-order valence-electron chi connectivity index (χ1n) is 12.5. The van der Waals surface area contributed by atoms with Crippen LogP contribution in [0.25, 0.3) is 0 Å². The third-order valence-electron chi connectivity index (χ3n) is 7.32. The Balaban J connectivity index is 0.000000321. The van der Waals surface area contributed by atoms with E-state index in [-0.39, 0.29) is 24.8 Å². The molecule has 192 valence electrons. The summed E-state index contributed by atoms with van der Waals surface area (Å²) in [4.78, 5) is 5.10. The van der Waals surface area contributed by atoms with Crippen LogP contribution >= 0.6 is 24.8 Å². The number of nitrogens with zero attached hydrogens (tertiary/aromatic N) is 2. The van der Waals surface area contributed by atoms with Gasteiger partial charge in [0.15, 0.2) is 0 Å². The van der Waals surface area contributed by atoms with E-state index in [1.807, 2.05) is 0 Å². The van der Waals surface area contributed by atoms with Crippen LogP contribution in [0.15, 0.2) is 60.7 Å². The number of piperidine rings is 2. The zero-order valence-corrected chi connectivity index (χ0v) is 23.1. The molecule has 2 aliphatic heterocycles. The molecule has 2 fully saturated rings. The fourth-order valence-electron chi connectivity index (χ4n) is 5.00. The Labute approximate surface area is 220 Å². The summed E-state index contributed by atoms with van der Waals surface area (Å²) in [6.07, 6.45) is 2.61. The number of hydrogen-bond donors (Lipinski definition) is 2. The fraction of sp³-hybridized carbons (Fsp3) is 0.571. The first-order chi connectivity index (χ1) is 15.6. The second-order valence-electron chi connectivity index (χ2n) is 9.76. The molecule has 2 aromatic carbocycles. The normalized spacial score (nSPS) is 25.3. The fourth-order valence-corrected chi connectivity index (χ4v) is 5.00. The van der Waals surface area contributed by atoms with Gasteiger partial charge in [0, 0.05) is 38.3 Å². The van der Waals surface area contributed by atoms with Crippen molar-refractivity contribution in [1.29, 1.82) is 0 Å². The van der Waals surface area contributed by atoms with Gasteiger partial charge in [-0.15, -0.1) is 24.8 Å². The Kier molecular flexibility index (Phi) is 15.0. The minimum atomic E-state index is 0. The molecular formula is C28H46Cl2N4. The Bertz CT molecular complexity index is 696. The van der Waals surface area contributed by atoms with Gasteiger partial charge in [-0.05, 0) is 63.0 Å². The molecule has 0 bridgehead atoms. The van der Waals surface area contributed by atoms with E-state index in [9.17, 15) is 0 Å². The Hall–Kier alpha value is -1.14. The van der Waals surface area contributed by atoms with Gasteiger partial charge < -0.3 is 10.6 Å². The first-order valence-corrected chi connectivity index (χ1v) is 12.5. The van der Waals surface area contributed by atoms with Crippen LogP contribution in [0.4, 0.5) is 0 Å². The summed E-state index contributed by atoms with van der Waals surface area (Å²) in [6.45, 7) is 11.7. The molecule has 4 atom stereocenters. The van der Waals surface area contributed by atoms with Gasteiger partial charge in [0.05, 0.1) is 0 Å². The molecule has 0 radical (unpaired) electrons. The van der Waals surface area contributed by atoms with Crippen molar-refractivity contribution in [2.75, 3.05) is 40.3 Å². The van der Waals surface area contributed by atoms with Crippen molar-refractivity contribution in [2.45, 2.75) is 51.9 Å². The number of likely N-dealkylation sites (tertiary alicyclic amines) is 2. The molecule has 2 heterocycles. The van der Waals surface area contributed by atoms with E-state index in [0.717, 1.165) is 24.9 Å². The molecule has 6 heteroatoms. The lowest BCUT2D eigenvalue weighted by Gasteiger charge is -2.37. The molecule has 34 heavy (non-hydrogen) atoms. The van der Waals surface area contributed by atoms with Crippen molar-refractivity contribution >= 4 is 24.8 Å². The van der Waals surface area contributed by atoms with Gasteiger partial charge in [-0.2, -0.15) is 0 Å². The number of nitrogens with one attached hydrogen (secondary N) is 2. The zero-order chi connectivity index (χ0) is 22.8. The molecule has 2 aliphatic rings. The molecule has 4 nitrogen and oxygen atoms in total. The van der Waals surface area contributed by atoms with Gasteiger partial charge in [0.25, 0.3) is 0 Å². The molecule has 0 aliphatic carbocycles. The molecular weight excluding hydrogens is 463 g/mol. The summed E-state index contributed by atoms with van der Waals surface area (Å²) in [6, 6.07) is 22.8. The van der Waals surface area contributed by atoms with E-state index >= 15 is 0 Å². The van der Waals surface area contributed by atoms with Crippen LogP contribution in [0.3, 0.4) is 0 Å². The average molecular weight is 510 g/mol. The van der Waals surface area contributed by atoms with E-state index in [0.29, 0.717) is 12.1 Å². The monoisotopic (exact) mass is 508 g/mol. The van der Waals surface area contributed by atoms with Crippen LogP contribution in [0, 0.1) is 11.8 Å². The number of likely N-dealkylation sites (N-methyl/N-ethyl adjacent to an activating group) is 2. The van der Waals surface area contributed by atoms with Gasteiger partial charge >= 0.3 is 0 Å². The lowest BCUT2D eigenvalue weighted by molar-refractivity contribution is 0.147. The third-order valence-corrected chi connectivity index (χ3v) is 7.32. The van der Waals surface area contributed by atoms with Crippen LogP contribution in [0.2, 0.25) is 0 Å². The minimum Gasteiger partial charge on any atom is -0.315 e. The number of halogens is 2. The van der Waals surface area contributed by atoms with Crippen molar-refractivity contribution < 1.29 is 0 Å². The molecule has 0 aromatic heterocycles. The summed E-state index contributed by atoms with van der Waals surface area (Å²) in [5, 5.41) is 6.86. The maximum absolute atomic E-state index is 3.43. The third kappa shape index (κ3) is 9.85. The van der Waals surface area contributed by atoms with Gasteiger partial charge in [0.2, 0.25) is 0 Å². The van der Waals surface area contributed by atoms with E-state index in [1.54, 1.807) is 0 Å². The summed E-state index contributed by atoms with van der Waals surface area (Å²) in [5.41, 5.74) is 2.85. The second-order valence-corrected chi connectivity index (χ2v) is 9.76. The van der Waals surface area contributed by atoms with Crippen LogP contribution in [-0.4, -0.2) is 62.2 Å². The molecule has 0 spiro atoms. The van der Waals surface area contributed by atoms with Crippen molar-refractivity contribution in [1.82, 2.24) is 20.4 Å². The second kappa shape index (κ2) is 16.5. The maximum atomic E-state index is 3.43. The highest BCUT2D eigenvalue weighted by atomic mass is 35.5. The highest BCUT2D eigenvalue weighted by molar-refractivity contribution is 5.85.